The fourth-order valence-electron chi connectivity index (χ4n) is 3.37. The van der Waals surface area contributed by atoms with Gasteiger partial charge in [0.25, 0.3) is 0 Å². The highest BCUT2D eigenvalue weighted by Gasteiger charge is 2.19. The van der Waals surface area contributed by atoms with E-state index in [0.717, 1.165) is 35.8 Å². The predicted molar refractivity (Wildman–Crippen MR) is 119 cm³/mol. The number of likely N-dealkylation sites (N-methyl/N-ethyl adjacent to an activating group) is 1. The molecule has 4 rings (SSSR count). The van der Waals surface area contributed by atoms with Gasteiger partial charge in [0.2, 0.25) is 0 Å². The number of aliphatic imine (C=N–C) groups is 1. The van der Waals surface area contributed by atoms with Crippen molar-refractivity contribution < 1.29 is 14.1 Å². The number of aryl methyl sites for hydroxylation is 1. The first-order valence-electron chi connectivity index (χ1n) is 9.82. The Hall–Kier alpha value is -2.64. The smallest absolute Gasteiger partial charge is 0.173 e. The van der Waals surface area contributed by atoms with Gasteiger partial charge in [-0.1, -0.05) is 22.8 Å². The third-order valence-corrected chi connectivity index (χ3v) is 6.15. The van der Waals surface area contributed by atoms with Crippen LogP contribution in [0.25, 0.3) is 11.3 Å². The van der Waals surface area contributed by atoms with Crippen molar-refractivity contribution in [2.75, 3.05) is 26.7 Å². The minimum Gasteiger partial charge on any atom is -0.493 e. The number of ether oxygens (including phenoxy) is 1. The maximum atomic E-state index is 12.3. The van der Waals surface area contributed by atoms with Gasteiger partial charge in [0.05, 0.1) is 22.4 Å². The summed E-state index contributed by atoms with van der Waals surface area (Å²) in [5, 5.41) is 4.20. The van der Waals surface area contributed by atoms with E-state index in [4.69, 9.17) is 20.9 Å². The Morgan fingerprint density at radius 2 is 2.17 bits per heavy atom. The van der Waals surface area contributed by atoms with Crippen molar-refractivity contribution in [1.29, 1.82) is 0 Å². The largest absolute Gasteiger partial charge is 0.493 e. The Morgan fingerprint density at radius 1 is 1.30 bits per heavy atom. The molecule has 1 aliphatic heterocycles. The van der Waals surface area contributed by atoms with Crippen LogP contribution in [0.3, 0.4) is 0 Å². The lowest BCUT2D eigenvalue weighted by atomic mass is 10.1. The highest BCUT2D eigenvalue weighted by Crippen LogP contribution is 2.32. The van der Waals surface area contributed by atoms with Crippen LogP contribution in [0.1, 0.15) is 34.3 Å². The molecule has 0 saturated carbocycles. The van der Waals surface area contributed by atoms with Gasteiger partial charge >= 0.3 is 0 Å². The van der Waals surface area contributed by atoms with Crippen molar-refractivity contribution in [3.8, 4) is 17.0 Å². The van der Waals surface area contributed by atoms with Crippen LogP contribution in [0.2, 0.25) is 4.34 Å². The third-order valence-electron chi connectivity index (χ3n) is 4.88. The summed E-state index contributed by atoms with van der Waals surface area (Å²) in [7, 11) is 2.04. The Morgan fingerprint density at radius 3 is 2.87 bits per heavy atom. The molecule has 6 nitrogen and oxygen atoms in total. The molecule has 2 aromatic heterocycles. The molecule has 1 aromatic carbocycles. The summed E-state index contributed by atoms with van der Waals surface area (Å²) >= 11 is 7.20. The van der Waals surface area contributed by atoms with Gasteiger partial charge in [-0.05, 0) is 31.2 Å². The molecular formula is C22H22ClN3O3S. The molecule has 30 heavy (non-hydrogen) atoms. The average Bonchev–Trinajstić information content (AvgIpc) is 3.47. The van der Waals surface area contributed by atoms with E-state index in [-0.39, 0.29) is 5.78 Å². The van der Waals surface area contributed by atoms with E-state index in [0.29, 0.717) is 40.1 Å². The predicted octanol–water partition coefficient (Wildman–Crippen LogP) is 4.96. The highest BCUT2D eigenvalue weighted by molar-refractivity contribution is 7.18. The second kappa shape index (κ2) is 9.02. The van der Waals surface area contributed by atoms with Crippen LogP contribution in [0, 0.1) is 0 Å². The minimum absolute atomic E-state index is 0.0469. The molecule has 156 valence electrons. The first-order chi connectivity index (χ1) is 14.5. The third kappa shape index (κ3) is 4.42. The summed E-state index contributed by atoms with van der Waals surface area (Å²) in [5.74, 6) is 2.41. The van der Waals surface area contributed by atoms with Gasteiger partial charge in [0.15, 0.2) is 5.78 Å². The van der Waals surface area contributed by atoms with Crippen LogP contribution in [0.4, 0.5) is 0 Å². The number of aromatic nitrogens is 1. The highest BCUT2D eigenvalue weighted by atomic mass is 35.5. The number of hydrogen-bond acceptors (Lipinski definition) is 7. The van der Waals surface area contributed by atoms with Crippen LogP contribution in [0.5, 0.6) is 5.75 Å². The lowest BCUT2D eigenvalue weighted by molar-refractivity contribution is 0.0984. The average molecular weight is 444 g/mol. The van der Waals surface area contributed by atoms with Gasteiger partial charge in [-0.15, -0.1) is 11.3 Å². The number of carbonyl (C=O) groups is 1. The molecule has 0 saturated heterocycles. The zero-order valence-corrected chi connectivity index (χ0v) is 18.4. The number of amidine groups is 1. The van der Waals surface area contributed by atoms with Crippen molar-refractivity contribution in [1.82, 2.24) is 10.1 Å². The van der Waals surface area contributed by atoms with Crippen molar-refractivity contribution in [3.63, 3.8) is 0 Å². The van der Waals surface area contributed by atoms with E-state index in [1.54, 1.807) is 12.1 Å². The molecule has 0 radical (unpaired) electrons. The van der Waals surface area contributed by atoms with E-state index in [1.807, 2.05) is 38.2 Å². The summed E-state index contributed by atoms with van der Waals surface area (Å²) < 4.78 is 12.0. The maximum Gasteiger partial charge on any atom is 0.173 e. The zero-order chi connectivity index (χ0) is 21.1. The number of halogens is 1. The standard InChI is InChI=1S/C22H22ClN3O3S/c1-3-28-19-12-14(22-24-10-11-26(22)2)4-6-16(19)17-13-15(29-25-17)5-7-18(27)20-8-9-21(23)30-20/h4,6,8-9,12-13H,3,5,7,10-11H2,1-2H3. The molecule has 0 atom stereocenters. The summed E-state index contributed by atoms with van der Waals surface area (Å²) in [6.07, 6.45) is 0.819. The topological polar surface area (TPSA) is 67.9 Å². The van der Waals surface area contributed by atoms with Crippen LogP contribution < -0.4 is 4.74 Å². The minimum atomic E-state index is 0.0469. The molecule has 1 aliphatic rings. The number of carbonyl (C=O) groups excluding carboxylic acids is 1. The lowest BCUT2D eigenvalue weighted by Gasteiger charge is -2.16. The van der Waals surface area contributed by atoms with Crippen molar-refractivity contribution in [2.45, 2.75) is 19.8 Å². The molecule has 3 heterocycles. The maximum absolute atomic E-state index is 12.3. The van der Waals surface area contributed by atoms with Gasteiger partial charge in [-0.25, -0.2) is 0 Å². The molecule has 0 spiro atoms. The first-order valence-corrected chi connectivity index (χ1v) is 11.0. The van der Waals surface area contributed by atoms with E-state index in [2.05, 4.69) is 15.0 Å². The van der Waals surface area contributed by atoms with Crippen molar-refractivity contribution in [2.24, 2.45) is 4.99 Å². The number of hydrogen-bond donors (Lipinski definition) is 0. The Bertz CT molecular complexity index is 1090. The van der Waals surface area contributed by atoms with Crippen LogP contribution >= 0.6 is 22.9 Å². The quantitative estimate of drug-likeness (QED) is 0.460. The van der Waals surface area contributed by atoms with Gasteiger partial charge in [-0.2, -0.15) is 0 Å². The van der Waals surface area contributed by atoms with Gasteiger partial charge in [0, 0.05) is 43.6 Å². The lowest BCUT2D eigenvalue weighted by Crippen LogP contribution is -2.23. The molecule has 0 fully saturated rings. The summed E-state index contributed by atoms with van der Waals surface area (Å²) in [5.41, 5.74) is 2.56. The van der Waals surface area contributed by atoms with Gasteiger partial charge < -0.3 is 14.2 Å². The molecule has 3 aromatic rings. The van der Waals surface area contributed by atoms with Gasteiger partial charge in [-0.3, -0.25) is 9.79 Å². The van der Waals surface area contributed by atoms with E-state index >= 15 is 0 Å². The molecule has 0 N–H and O–H groups in total. The van der Waals surface area contributed by atoms with Crippen LogP contribution in [0.15, 0.2) is 45.9 Å². The van der Waals surface area contributed by atoms with E-state index < -0.39 is 0 Å². The number of ketones is 1. The Labute approximate surface area is 184 Å². The van der Waals surface area contributed by atoms with Crippen molar-refractivity contribution in [3.05, 3.63) is 56.9 Å². The molecule has 0 unspecified atom stereocenters. The second-order valence-corrected chi connectivity index (χ2v) is 8.69. The van der Waals surface area contributed by atoms with Crippen molar-refractivity contribution >= 4 is 34.6 Å². The Kier molecular flexibility index (Phi) is 6.20. The monoisotopic (exact) mass is 443 g/mol. The SMILES string of the molecule is CCOc1cc(C2=NCCN2C)ccc1-c1cc(CCC(=O)c2ccc(Cl)s2)on1. The number of Topliss-reactive ketones (excluding diaryl/α,β-unsaturated/α-hetero) is 1. The summed E-state index contributed by atoms with van der Waals surface area (Å²) in [6, 6.07) is 11.4. The van der Waals surface area contributed by atoms with E-state index in [1.165, 1.54) is 11.3 Å². The number of rotatable bonds is 8. The number of nitrogens with zero attached hydrogens (tertiary/aromatic N) is 3. The summed E-state index contributed by atoms with van der Waals surface area (Å²) in [4.78, 5) is 19.7. The fraction of sp³-hybridized carbons (Fsp3) is 0.318. The zero-order valence-electron chi connectivity index (χ0n) is 16.9. The van der Waals surface area contributed by atoms with Crippen LogP contribution in [-0.4, -0.2) is 48.4 Å². The number of benzene rings is 1. The van der Waals surface area contributed by atoms with Gasteiger partial charge in [0.1, 0.15) is 23.0 Å². The normalized spacial score (nSPS) is 13.6. The first kappa shape index (κ1) is 20.6. The molecule has 0 amide bonds. The number of thiophene rings is 1. The molecule has 0 aliphatic carbocycles. The molecule has 0 bridgehead atoms. The molecular weight excluding hydrogens is 422 g/mol. The fourth-order valence-corrected chi connectivity index (χ4v) is 4.38. The van der Waals surface area contributed by atoms with Crippen LogP contribution in [-0.2, 0) is 6.42 Å². The van der Waals surface area contributed by atoms with E-state index in [9.17, 15) is 4.79 Å². The summed E-state index contributed by atoms with van der Waals surface area (Å²) in [6.45, 7) is 4.22. The second-order valence-electron chi connectivity index (χ2n) is 6.98. The molecule has 8 heteroatoms. The Balaban J connectivity index is 1.51.